The van der Waals surface area contributed by atoms with Crippen LogP contribution in [0, 0.1) is 13.8 Å². The smallest absolute Gasteiger partial charge is 0.657 e. The van der Waals surface area contributed by atoms with E-state index in [9.17, 15) is 19.8 Å². The van der Waals surface area contributed by atoms with Gasteiger partial charge in [-0.2, -0.15) is 0 Å². The minimum Gasteiger partial charge on any atom is -0.657 e. The number of hydrogen-bond donors (Lipinski definition) is 0. The Morgan fingerprint density at radius 2 is 1.09 bits per heavy atom. The molecule has 0 radical (unpaired) electrons. The van der Waals surface area contributed by atoms with Crippen LogP contribution >= 0.6 is 0 Å². The number of rotatable bonds is 8. The van der Waals surface area contributed by atoms with E-state index in [1.807, 2.05) is 32.0 Å². The van der Waals surface area contributed by atoms with Gasteiger partial charge in [0, 0.05) is 29.0 Å². The van der Waals surface area contributed by atoms with Crippen LogP contribution in [0.4, 0.5) is 0 Å². The number of aliphatic carboxylic acids is 2. The molecule has 0 unspecified atom stereocenters. The van der Waals surface area contributed by atoms with Crippen molar-refractivity contribution in [3.8, 4) is 0 Å². The zero-order valence-electron chi connectivity index (χ0n) is 27.3. The standard InChI is InChI=1S/C34H38N4O4.Fe/c1-7-21-17(3)25-13-26-19(5)23(9-11-33(39)40)31(37-26)16-32-24(10-12-34(41)42)20(6)28(38-32)15-30-22(8-2)18(4)27(36-30)14-29(21)35-25;/h13-16H,7-12H2,1-6H3,(H4,35,36,37,38,39,40,41,42);/p-2. The number of carboxylic acids is 2. The molecule has 8 bridgehead atoms. The average Bonchev–Trinajstić information content (AvgIpc) is 3.59. The molecule has 9 heteroatoms. The Balaban J connectivity index is 0.00000235. The molecule has 0 atom stereocenters. The number of nitrogens with zero attached hydrogens (tertiary/aromatic N) is 4. The summed E-state index contributed by atoms with van der Waals surface area (Å²) in [6.45, 7) is 12.2. The molecule has 0 amide bonds. The maximum atomic E-state index is 11.4. The van der Waals surface area contributed by atoms with Crippen LogP contribution < -0.4 is 20.2 Å². The summed E-state index contributed by atoms with van der Waals surface area (Å²) in [5.41, 5.74) is 13.8. The number of allylic oxidation sites excluding steroid dienone is 4. The first-order valence-electron chi connectivity index (χ1n) is 14.5. The molecule has 0 fully saturated rings. The number of aryl methyl sites for hydroxylation is 4. The number of hydrogen-bond acceptors (Lipinski definition) is 6. The Morgan fingerprint density at radius 3 is 1.65 bits per heavy atom. The van der Waals surface area contributed by atoms with Crippen molar-refractivity contribution in [2.24, 2.45) is 0 Å². The molecule has 8 nitrogen and oxygen atoms in total. The minimum atomic E-state index is -1.14. The van der Waals surface area contributed by atoms with E-state index in [1.165, 1.54) is 0 Å². The largest absolute Gasteiger partial charge is 1.00 e. The molecule has 5 heterocycles. The van der Waals surface area contributed by atoms with Crippen molar-refractivity contribution in [1.82, 2.24) is 19.9 Å². The Morgan fingerprint density at radius 1 is 0.651 bits per heavy atom. The van der Waals surface area contributed by atoms with E-state index in [0.717, 1.165) is 79.8 Å². The fourth-order valence-corrected chi connectivity index (χ4v) is 6.05. The van der Waals surface area contributed by atoms with Crippen LogP contribution in [-0.4, -0.2) is 21.9 Å². The Hall–Kier alpha value is -3.94. The molecule has 0 saturated carbocycles. The quantitative estimate of drug-likeness (QED) is 0.337. The summed E-state index contributed by atoms with van der Waals surface area (Å²) in [5, 5.41) is 22.8. The molecule has 3 aromatic rings. The van der Waals surface area contributed by atoms with Crippen LogP contribution in [-0.2, 0) is 39.5 Å². The maximum absolute atomic E-state index is 11.4. The van der Waals surface area contributed by atoms with Crippen molar-refractivity contribution < 1.29 is 39.7 Å². The fraction of sp³-hybridized carbons (Fsp3) is 0.353. The molecule has 0 aromatic carbocycles. The molecule has 3 aromatic heterocycles. The van der Waals surface area contributed by atoms with Crippen molar-refractivity contribution in [2.75, 3.05) is 0 Å². The van der Waals surface area contributed by atoms with Gasteiger partial charge in [0.2, 0.25) is 0 Å². The second-order valence-corrected chi connectivity index (χ2v) is 11.0. The van der Waals surface area contributed by atoms with Crippen molar-refractivity contribution in [3.05, 3.63) is 69.3 Å². The zero-order valence-corrected chi connectivity index (χ0v) is 26.4. The fourth-order valence-electron chi connectivity index (χ4n) is 6.05. The normalized spacial score (nSPS) is 13.0. The van der Waals surface area contributed by atoms with Gasteiger partial charge < -0.3 is 29.8 Å². The van der Waals surface area contributed by atoms with Gasteiger partial charge in [-0.25, -0.2) is 9.97 Å². The third-order valence-electron chi connectivity index (χ3n) is 8.51. The van der Waals surface area contributed by atoms with Crippen molar-refractivity contribution in [2.45, 2.75) is 80.1 Å². The van der Waals surface area contributed by atoms with Gasteiger partial charge in [-0.05, 0) is 88.5 Å². The molecular formula is C34H36FeN4O4-2. The van der Waals surface area contributed by atoms with E-state index in [-0.39, 0.29) is 45.6 Å². The van der Waals surface area contributed by atoms with E-state index < -0.39 is 11.9 Å². The first-order chi connectivity index (χ1) is 20.0. The van der Waals surface area contributed by atoms with E-state index in [1.54, 1.807) is 0 Å². The van der Waals surface area contributed by atoms with Crippen LogP contribution in [0.5, 0.6) is 0 Å². The van der Waals surface area contributed by atoms with Crippen molar-refractivity contribution >= 4 is 56.3 Å². The molecule has 0 spiro atoms. The summed E-state index contributed by atoms with van der Waals surface area (Å²) >= 11 is 0. The zero-order chi connectivity index (χ0) is 30.3. The van der Waals surface area contributed by atoms with Gasteiger partial charge in [0.25, 0.3) is 0 Å². The summed E-state index contributed by atoms with van der Waals surface area (Å²) in [5.74, 6) is -2.27. The first-order valence-corrected chi connectivity index (χ1v) is 14.5. The molecule has 0 saturated heterocycles. The minimum absolute atomic E-state index is 0. The summed E-state index contributed by atoms with van der Waals surface area (Å²) < 4.78 is 0. The summed E-state index contributed by atoms with van der Waals surface area (Å²) in [4.78, 5) is 42.7. The van der Waals surface area contributed by atoms with E-state index in [4.69, 9.17) is 19.9 Å². The van der Waals surface area contributed by atoms with E-state index in [2.05, 4.69) is 33.8 Å². The van der Waals surface area contributed by atoms with Gasteiger partial charge in [0.05, 0.1) is 22.8 Å². The monoisotopic (exact) mass is 620 g/mol. The number of fused-ring (bicyclic) bond motifs is 8. The summed E-state index contributed by atoms with van der Waals surface area (Å²) in [6, 6.07) is 7.83. The van der Waals surface area contributed by atoms with Crippen LogP contribution in [0.15, 0.2) is 24.3 Å². The summed E-state index contributed by atoms with van der Waals surface area (Å²) in [6.07, 6.45) is 1.82. The SMILES string of the molecule is CCC1=C(C)c2cc3[n-]c(cc4nc(cc5[n-]c(cc1n2)c(C)c5CCC(=O)[O-])C(CCC(=O)[O-])=C4C)c(C)c3CC.[Fe].[H+].[H+]. The van der Waals surface area contributed by atoms with Crippen LogP contribution in [0.3, 0.4) is 0 Å². The number of carbonyl (C=O) groups excluding carboxylic acids is 2. The molecule has 2 aliphatic rings. The van der Waals surface area contributed by atoms with Gasteiger partial charge >= 0.3 is 2.85 Å². The van der Waals surface area contributed by atoms with Gasteiger partial charge in [-0.1, -0.05) is 60.4 Å². The third kappa shape index (κ3) is 6.10. The number of carbonyl (C=O) groups is 2. The topological polar surface area (TPSA) is 134 Å². The molecule has 43 heavy (non-hydrogen) atoms. The van der Waals surface area contributed by atoms with Crippen LogP contribution in [0.1, 0.15) is 101 Å². The van der Waals surface area contributed by atoms with Gasteiger partial charge in [-0.3, -0.25) is 0 Å². The van der Waals surface area contributed by atoms with Gasteiger partial charge in [0.15, 0.2) is 0 Å². The van der Waals surface area contributed by atoms with Gasteiger partial charge in [0.1, 0.15) is 0 Å². The predicted octanol–water partition coefficient (Wildman–Crippen LogP) is 4.46. The second kappa shape index (κ2) is 12.7. The predicted molar refractivity (Wildman–Crippen MR) is 163 cm³/mol. The van der Waals surface area contributed by atoms with Crippen molar-refractivity contribution in [1.29, 1.82) is 0 Å². The molecular weight excluding hydrogens is 584 g/mol. The van der Waals surface area contributed by atoms with Crippen LogP contribution in [0.25, 0.3) is 44.4 Å². The molecule has 0 N–H and O–H groups in total. The van der Waals surface area contributed by atoms with Gasteiger partial charge in [-0.15, -0.1) is 22.1 Å². The molecule has 226 valence electrons. The Kier molecular flexibility index (Phi) is 9.47. The first kappa shape index (κ1) is 32.0. The van der Waals surface area contributed by atoms with E-state index in [0.29, 0.717) is 22.4 Å². The number of carboxylic acid groups (broad SMARTS) is 2. The molecule has 2 aliphatic heterocycles. The van der Waals surface area contributed by atoms with Crippen molar-refractivity contribution in [3.63, 3.8) is 0 Å². The maximum Gasteiger partial charge on any atom is 1.00 e. The third-order valence-corrected chi connectivity index (χ3v) is 8.51. The average molecular weight is 621 g/mol. The molecule has 5 rings (SSSR count). The Labute approximate surface area is 264 Å². The van der Waals surface area contributed by atoms with E-state index >= 15 is 0 Å². The van der Waals surface area contributed by atoms with Crippen LogP contribution in [0.2, 0.25) is 0 Å². The summed E-state index contributed by atoms with van der Waals surface area (Å²) in [7, 11) is 0. The Bertz CT molecular complexity index is 1870. The molecule has 0 aliphatic carbocycles. The number of aromatic nitrogens is 4. The second-order valence-electron chi connectivity index (χ2n) is 11.0.